The van der Waals surface area contributed by atoms with Crippen LogP contribution in [0.25, 0.3) is 0 Å². The summed E-state index contributed by atoms with van der Waals surface area (Å²) >= 11 is 6.23. The van der Waals surface area contributed by atoms with Crippen LogP contribution in [0.15, 0.2) is 30.6 Å². The largest absolute Gasteiger partial charge is 0.495 e. The first-order valence-electron chi connectivity index (χ1n) is 8.30. The van der Waals surface area contributed by atoms with Crippen LogP contribution in [-0.2, 0) is 18.3 Å². The maximum atomic E-state index is 6.23. The van der Waals surface area contributed by atoms with Gasteiger partial charge in [-0.2, -0.15) is 0 Å². The van der Waals surface area contributed by atoms with E-state index in [9.17, 15) is 0 Å². The lowest BCUT2D eigenvalue weighted by molar-refractivity contribution is 0.0518. The quantitative estimate of drug-likeness (QED) is 0.869. The third-order valence-corrected chi connectivity index (χ3v) is 4.91. The van der Waals surface area contributed by atoms with Crippen molar-refractivity contribution in [3.8, 4) is 5.75 Å². The van der Waals surface area contributed by atoms with Crippen LogP contribution in [0.2, 0.25) is 5.02 Å². The smallest absolute Gasteiger partial charge is 0.137 e. The Labute approximate surface area is 147 Å². The van der Waals surface area contributed by atoms with Crippen LogP contribution < -0.4 is 10.1 Å². The Morgan fingerprint density at radius 1 is 1.42 bits per heavy atom. The van der Waals surface area contributed by atoms with E-state index in [0.717, 1.165) is 44.0 Å². The van der Waals surface area contributed by atoms with Gasteiger partial charge in [-0.25, -0.2) is 4.98 Å². The van der Waals surface area contributed by atoms with E-state index in [4.69, 9.17) is 21.1 Å². The average Bonchev–Trinajstić information content (AvgIpc) is 3.02. The van der Waals surface area contributed by atoms with Gasteiger partial charge in [-0.3, -0.25) is 0 Å². The van der Waals surface area contributed by atoms with Crippen LogP contribution in [-0.4, -0.2) is 29.9 Å². The van der Waals surface area contributed by atoms with E-state index in [1.807, 2.05) is 37.6 Å². The second-order valence-corrected chi connectivity index (χ2v) is 6.58. The molecule has 2 aromatic rings. The van der Waals surface area contributed by atoms with Crippen molar-refractivity contribution in [1.82, 2.24) is 14.9 Å². The maximum absolute atomic E-state index is 6.23. The van der Waals surface area contributed by atoms with Crippen molar-refractivity contribution in [3.05, 3.63) is 47.0 Å². The number of imidazole rings is 1. The molecule has 0 bridgehead atoms. The van der Waals surface area contributed by atoms with Gasteiger partial charge in [0.15, 0.2) is 0 Å². The molecule has 1 aromatic heterocycles. The highest BCUT2D eigenvalue weighted by Gasteiger charge is 2.27. The molecule has 0 unspecified atom stereocenters. The molecule has 1 atom stereocenters. The van der Waals surface area contributed by atoms with Crippen LogP contribution >= 0.6 is 11.6 Å². The monoisotopic (exact) mass is 349 g/mol. The lowest BCUT2D eigenvalue weighted by atomic mass is 9.91. The molecule has 6 heteroatoms. The van der Waals surface area contributed by atoms with E-state index in [1.54, 1.807) is 7.11 Å². The zero-order chi connectivity index (χ0) is 16.9. The molecule has 5 nitrogen and oxygen atoms in total. The van der Waals surface area contributed by atoms with Crippen LogP contribution in [0.4, 0.5) is 0 Å². The van der Waals surface area contributed by atoms with Gasteiger partial charge in [0.05, 0.1) is 18.2 Å². The number of aromatic nitrogens is 2. The zero-order valence-electron chi connectivity index (χ0n) is 14.2. The molecule has 0 amide bonds. The van der Waals surface area contributed by atoms with Crippen LogP contribution in [0.3, 0.4) is 0 Å². The first-order chi connectivity index (χ1) is 11.7. The molecule has 0 aliphatic carbocycles. The summed E-state index contributed by atoms with van der Waals surface area (Å²) in [5.74, 6) is 2.29. The number of hydrogen-bond acceptors (Lipinski definition) is 4. The zero-order valence-corrected chi connectivity index (χ0v) is 14.9. The van der Waals surface area contributed by atoms with Crippen molar-refractivity contribution in [2.75, 3.05) is 20.3 Å². The lowest BCUT2D eigenvalue weighted by Gasteiger charge is -2.30. The highest BCUT2D eigenvalue weighted by atomic mass is 35.5. The fraction of sp³-hybridized carbons (Fsp3) is 0.500. The molecule has 130 valence electrons. The molecular weight excluding hydrogens is 326 g/mol. The summed E-state index contributed by atoms with van der Waals surface area (Å²) < 4.78 is 12.8. The predicted molar refractivity (Wildman–Crippen MR) is 94.3 cm³/mol. The van der Waals surface area contributed by atoms with E-state index in [0.29, 0.717) is 16.7 Å². The molecule has 1 aliphatic rings. The molecule has 0 spiro atoms. The second kappa shape index (κ2) is 8.01. The Morgan fingerprint density at radius 3 is 2.83 bits per heavy atom. The van der Waals surface area contributed by atoms with Gasteiger partial charge in [-0.05, 0) is 36.5 Å². The Bertz CT molecular complexity index is 668. The number of rotatable bonds is 6. The minimum absolute atomic E-state index is 0.203. The van der Waals surface area contributed by atoms with Crippen molar-refractivity contribution in [1.29, 1.82) is 0 Å². The van der Waals surface area contributed by atoms with Crippen molar-refractivity contribution < 1.29 is 9.47 Å². The normalized spacial score (nSPS) is 17.0. The van der Waals surface area contributed by atoms with Gasteiger partial charge < -0.3 is 19.4 Å². The molecule has 3 rings (SSSR count). The number of hydrogen-bond donors (Lipinski definition) is 1. The highest BCUT2D eigenvalue weighted by molar-refractivity contribution is 6.32. The van der Waals surface area contributed by atoms with Crippen LogP contribution in [0, 0.1) is 5.92 Å². The molecule has 0 radical (unpaired) electrons. The van der Waals surface area contributed by atoms with E-state index in [2.05, 4.69) is 14.9 Å². The molecule has 1 fully saturated rings. The Kier molecular flexibility index (Phi) is 5.76. The number of halogens is 1. The van der Waals surface area contributed by atoms with Crippen molar-refractivity contribution in [2.45, 2.75) is 25.4 Å². The van der Waals surface area contributed by atoms with Gasteiger partial charge in [0.2, 0.25) is 0 Å². The maximum Gasteiger partial charge on any atom is 0.137 e. The fourth-order valence-electron chi connectivity index (χ4n) is 3.24. The summed E-state index contributed by atoms with van der Waals surface area (Å²) in [5.41, 5.74) is 1.13. The molecule has 0 saturated carbocycles. The van der Waals surface area contributed by atoms with Crippen LogP contribution in [0.5, 0.6) is 5.75 Å². The van der Waals surface area contributed by atoms with Gasteiger partial charge >= 0.3 is 0 Å². The van der Waals surface area contributed by atoms with Gasteiger partial charge in [0.25, 0.3) is 0 Å². The first-order valence-corrected chi connectivity index (χ1v) is 8.67. The Morgan fingerprint density at radius 2 is 2.21 bits per heavy atom. The summed E-state index contributed by atoms with van der Waals surface area (Å²) in [6.07, 6.45) is 5.95. The second-order valence-electron chi connectivity index (χ2n) is 6.17. The topological polar surface area (TPSA) is 48.3 Å². The summed E-state index contributed by atoms with van der Waals surface area (Å²) in [5, 5.41) is 4.31. The summed E-state index contributed by atoms with van der Waals surface area (Å²) in [4.78, 5) is 4.56. The third kappa shape index (κ3) is 3.91. The number of methoxy groups -OCH3 is 1. The average molecular weight is 350 g/mol. The SMILES string of the molecule is COc1ccc(CN[C@H](c2nccn2C)C2CCOCC2)cc1Cl. The van der Waals surface area contributed by atoms with Gasteiger partial charge in [0, 0.05) is 39.2 Å². The number of benzene rings is 1. The van der Waals surface area contributed by atoms with Crippen LogP contribution in [0.1, 0.15) is 30.3 Å². The molecule has 1 aromatic carbocycles. The van der Waals surface area contributed by atoms with E-state index in [-0.39, 0.29) is 6.04 Å². The van der Waals surface area contributed by atoms with Crippen molar-refractivity contribution in [3.63, 3.8) is 0 Å². The summed E-state index contributed by atoms with van der Waals surface area (Å²) in [6, 6.07) is 6.10. The molecule has 1 aliphatic heterocycles. The van der Waals surface area contributed by atoms with E-state index < -0.39 is 0 Å². The first kappa shape index (κ1) is 17.3. The predicted octanol–water partition coefficient (Wildman–Crippen LogP) is 3.34. The highest BCUT2D eigenvalue weighted by Crippen LogP contribution is 2.30. The minimum atomic E-state index is 0.203. The fourth-order valence-corrected chi connectivity index (χ4v) is 3.52. The summed E-state index contributed by atoms with van der Waals surface area (Å²) in [6.45, 7) is 2.38. The molecule has 1 N–H and O–H groups in total. The lowest BCUT2D eigenvalue weighted by Crippen LogP contribution is -2.33. The number of nitrogens with zero attached hydrogens (tertiary/aromatic N) is 2. The Hall–Kier alpha value is -1.56. The molecular formula is C18H24ClN3O2. The molecule has 24 heavy (non-hydrogen) atoms. The molecule has 1 saturated heterocycles. The van der Waals surface area contributed by atoms with Gasteiger partial charge in [-0.15, -0.1) is 0 Å². The molecule has 2 heterocycles. The van der Waals surface area contributed by atoms with Crippen molar-refractivity contribution >= 4 is 11.6 Å². The Balaban J connectivity index is 1.74. The minimum Gasteiger partial charge on any atom is -0.495 e. The third-order valence-electron chi connectivity index (χ3n) is 4.62. The number of aryl methyl sites for hydroxylation is 1. The van der Waals surface area contributed by atoms with Gasteiger partial charge in [-0.1, -0.05) is 17.7 Å². The summed E-state index contributed by atoms with van der Waals surface area (Å²) in [7, 11) is 3.67. The standard InChI is InChI=1S/C18H24ClN3O2/c1-22-8-7-20-18(22)17(14-5-9-24-10-6-14)21-12-13-3-4-16(23-2)15(19)11-13/h3-4,7-8,11,14,17,21H,5-6,9-10,12H2,1-2H3/t17-/m0/s1. The number of nitrogens with one attached hydrogen (secondary N) is 1. The van der Waals surface area contributed by atoms with Crippen molar-refractivity contribution in [2.24, 2.45) is 13.0 Å². The number of ether oxygens (including phenoxy) is 2. The van der Waals surface area contributed by atoms with Gasteiger partial charge in [0.1, 0.15) is 11.6 Å². The van der Waals surface area contributed by atoms with E-state index >= 15 is 0 Å². The van der Waals surface area contributed by atoms with E-state index in [1.165, 1.54) is 0 Å².